The number of aromatic nitrogens is 2. The van der Waals surface area contributed by atoms with E-state index in [2.05, 4.69) is 71.2 Å². The summed E-state index contributed by atoms with van der Waals surface area (Å²) in [5, 5.41) is 5.00. The minimum absolute atomic E-state index is 0.139. The quantitative estimate of drug-likeness (QED) is 0.153. The molecule has 0 atom stereocenters. The molecule has 0 aliphatic carbocycles. The second-order valence-corrected chi connectivity index (χ2v) is 10.7. The Balaban J connectivity index is 1.65. The van der Waals surface area contributed by atoms with Crippen LogP contribution in [0.1, 0.15) is 30.3 Å². The topological polar surface area (TPSA) is 56.5 Å². The monoisotopic (exact) mass is 745 g/mol. The van der Waals surface area contributed by atoms with Crippen LogP contribution in [0.25, 0.3) is 10.9 Å². The number of fused-ring (bicyclic) bond motifs is 1. The summed E-state index contributed by atoms with van der Waals surface area (Å²) in [5.74, 6) is 1.01. The average Bonchev–Trinajstić information content (AvgIpc) is 2.80. The van der Waals surface area contributed by atoms with Crippen molar-refractivity contribution in [2.45, 2.75) is 26.4 Å². The fourth-order valence-corrected chi connectivity index (χ4v) is 5.87. The molecule has 0 saturated heterocycles. The van der Waals surface area contributed by atoms with Crippen molar-refractivity contribution in [3.63, 3.8) is 0 Å². The number of aryl methyl sites for hydroxylation is 1. The molecule has 0 spiro atoms. The fourth-order valence-electron chi connectivity index (χ4n) is 3.38. The second-order valence-electron chi connectivity index (χ2n) is 7.49. The van der Waals surface area contributed by atoms with E-state index in [-0.39, 0.29) is 18.0 Å². The van der Waals surface area contributed by atoms with Gasteiger partial charge in [-0.15, -0.1) is 0 Å². The Hall–Kier alpha value is -1.86. The van der Waals surface area contributed by atoms with Crippen molar-refractivity contribution >= 4 is 78.2 Å². The summed E-state index contributed by atoms with van der Waals surface area (Å²) < 4.78 is 23.8. The van der Waals surface area contributed by atoms with Gasteiger partial charge in [0.1, 0.15) is 24.0 Å². The van der Waals surface area contributed by atoms with Crippen LogP contribution in [0.5, 0.6) is 5.75 Å². The van der Waals surface area contributed by atoms with Crippen LogP contribution in [-0.4, -0.2) is 15.9 Å². The first-order chi connectivity index (χ1) is 16.4. The molecule has 34 heavy (non-hydrogen) atoms. The van der Waals surface area contributed by atoms with E-state index >= 15 is 0 Å². The first kappa shape index (κ1) is 25.2. The zero-order valence-electron chi connectivity index (χ0n) is 18.1. The van der Waals surface area contributed by atoms with Crippen molar-refractivity contribution < 1.29 is 9.13 Å². The summed E-state index contributed by atoms with van der Waals surface area (Å²) in [6.45, 7) is 2.18. The lowest BCUT2D eigenvalue weighted by molar-refractivity contribution is 0.295. The maximum atomic E-state index is 13.9. The van der Waals surface area contributed by atoms with Crippen LogP contribution < -0.4 is 10.3 Å². The van der Waals surface area contributed by atoms with Crippen LogP contribution in [0, 0.1) is 13.0 Å². The molecule has 5 nitrogen and oxygen atoms in total. The molecule has 0 amide bonds. The molecule has 0 aliphatic heterocycles. The van der Waals surface area contributed by atoms with E-state index in [1.54, 1.807) is 30.5 Å². The standard InChI is InChI=1S/C25H19BrFI2N3O2/c1-2-5-23-31-22-9-8-17(26)12-18(22)25(33)32(23)30-13-15-10-20(28)24(21(29)11-15)34-14-16-6-3-4-7-19(16)27/h3-4,6-13H,2,5,14H2,1H3. The lowest BCUT2D eigenvalue weighted by Crippen LogP contribution is -2.22. The summed E-state index contributed by atoms with van der Waals surface area (Å²) in [4.78, 5) is 17.8. The molecule has 9 heteroatoms. The number of hydrogen-bond acceptors (Lipinski definition) is 4. The van der Waals surface area contributed by atoms with E-state index in [9.17, 15) is 9.18 Å². The Morgan fingerprint density at radius 1 is 1.15 bits per heavy atom. The smallest absolute Gasteiger partial charge is 0.282 e. The number of nitrogens with zero attached hydrogens (tertiary/aromatic N) is 3. The summed E-state index contributed by atoms with van der Waals surface area (Å²) >= 11 is 7.80. The van der Waals surface area contributed by atoms with Gasteiger partial charge in [-0.3, -0.25) is 4.79 Å². The van der Waals surface area contributed by atoms with E-state index in [0.29, 0.717) is 34.5 Å². The lowest BCUT2D eigenvalue weighted by Gasteiger charge is -2.12. The fraction of sp³-hybridized carbons (Fsp3) is 0.160. The van der Waals surface area contributed by atoms with Gasteiger partial charge in [0.05, 0.1) is 24.3 Å². The number of ether oxygens (including phenoxy) is 1. The maximum absolute atomic E-state index is 13.9. The van der Waals surface area contributed by atoms with Gasteiger partial charge in [0.15, 0.2) is 0 Å². The molecule has 1 heterocycles. The number of benzene rings is 3. The number of rotatable bonds is 7. The Morgan fingerprint density at radius 3 is 2.59 bits per heavy atom. The molecule has 174 valence electrons. The summed E-state index contributed by atoms with van der Waals surface area (Å²) in [6.07, 6.45) is 3.13. The molecule has 0 aliphatic rings. The van der Waals surface area contributed by atoms with E-state index in [1.165, 1.54) is 10.7 Å². The molecular weight excluding hydrogens is 727 g/mol. The third-order valence-corrected chi connectivity index (χ3v) is 7.12. The third kappa shape index (κ3) is 5.68. The molecule has 1 aromatic heterocycles. The molecule has 4 aromatic rings. The van der Waals surface area contributed by atoms with E-state index < -0.39 is 0 Å². The van der Waals surface area contributed by atoms with Crippen molar-refractivity contribution in [3.05, 3.63) is 99.3 Å². The van der Waals surface area contributed by atoms with Crippen LogP contribution in [-0.2, 0) is 13.0 Å². The van der Waals surface area contributed by atoms with E-state index in [0.717, 1.165) is 23.6 Å². The Morgan fingerprint density at radius 2 is 1.88 bits per heavy atom. The van der Waals surface area contributed by atoms with Gasteiger partial charge in [-0.25, -0.2) is 9.37 Å². The van der Waals surface area contributed by atoms with Crippen LogP contribution in [0.3, 0.4) is 0 Å². The molecule has 0 N–H and O–H groups in total. The van der Waals surface area contributed by atoms with Gasteiger partial charge in [-0.2, -0.15) is 9.78 Å². The van der Waals surface area contributed by atoms with Gasteiger partial charge in [0.25, 0.3) is 5.56 Å². The van der Waals surface area contributed by atoms with E-state index in [1.807, 2.05) is 31.2 Å². The van der Waals surface area contributed by atoms with Gasteiger partial charge < -0.3 is 4.74 Å². The predicted molar refractivity (Wildman–Crippen MR) is 153 cm³/mol. The Kier molecular flexibility index (Phi) is 8.35. The number of halogens is 4. The van der Waals surface area contributed by atoms with Crippen molar-refractivity contribution in [2.75, 3.05) is 0 Å². The normalized spacial score (nSPS) is 11.4. The highest BCUT2D eigenvalue weighted by Crippen LogP contribution is 2.29. The molecule has 0 unspecified atom stereocenters. The minimum Gasteiger partial charge on any atom is -0.487 e. The highest BCUT2D eigenvalue weighted by Gasteiger charge is 2.12. The molecule has 0 bridgehead atoms. The highest BCUT2D eigenvalue weighted by atomic mass is 127. The van der Waals surface area contributed by atoms with Gasteiger partial charge in [-0.05, 0) is 93.6 Å². The van der Waals surface area contributed by atoms with Crippen molar-refractivity contribution in [1.29, 1.82) is 0 Å². The Labute approximate surface area is 231 Å². The van der Waals surface area contributed by atoms with Crippen molar-refractivity contribution in [3.8, 4) is 5.75 Å². The van der Waals surface area contributed by atoms with Crippen LogP contribution in [0.2, 0.25) is 0 Å². The first-order valence-corrected chi connectivity index (χ1v) is 13.4. The highest BCUT2D eigenvalue weighted by molar-refractivity contribution is 14.1. The van der Waals surface area contributed by atoms with Crippen molar-refractivity contribution in [2.24, 2.45) is 5.10 Å². The van der Waals surface area contributed by atoms with Gasteiger partial charge in [0.2, 0.25) is 0 Å². The van der Waals surface area contributed by atoms with Gasteiger partial charge >= 0.3 is 0 Å². The summed E-state index contributed by atoms with van der Waals surface area (Å²) in [7, 11) is 0. The van der Waals surface area contributed by atoms with Gasteiger partial charge in [-0.1, -0.05) is 41.1 Å². The molecule has 0 radical (unpaired) electrons. The Bertz CT molecular complexity index is 1430. The zero-order valence-corrected chi connectivity index (χ0v) is 24.0. The first-order valence-electron chi connectivity index (χ1n) is 10.5. The van der Waals surface area contributed by atoms with Crippen molar-refractivity contribution in [1.82, 2.24) is 9.66 Å². The summed E-state index contributed by atoms with van der Waals surface area (Å²) in [6, 6.07) is 15.9. The second kappa shape index (κ2) is 11.3. The van der Waals surface area contributed by atoms with Crippen LogP contribution in [0.15, 0.2) is 69.0 Å². The van der Waals surface area contributed by atoms with Gasteiger partial charge in [0, 0.05) is 16.5 Å². The molecule has 3 aromatic carbocycles. The third-order valence-electron chi connectivity index (χ3n) is 5.02. The molecular formula is C25H19BrFI2N3O2. The SMILES string of the molecule is CCCc1nc2ccc(Br)cc2c(=O)n1N=Cc1cc(I)c(OCc2ccccc2F)c(I)c1. The lowest BCUT2D eigenvalue weighted by atomic mass is 10.2. The predicted octanol–water partition coefficient (Wildman–Crippen LogP) is 6.92. The zero-order chi connectivity index (χ0) is 24.2. The molecule has 0 fully saturated rings. The largest absolute Gasteiger partial charge is 0.487 e. The van der Waals surface area contributed by atoms with Crippen LogP contribution >= 0.6 is 61.1 Å². The van der Waals surface area contributed by atoms with Crippen LogP contribution in [0.4, 0.5) is 4.39 Å². The molecule has 0 saturated carbocycles. The maximum Gasteiger partial charge on any atom is 0.282 e. The number of hydrogen-bond donors (Lipinski definition) is 0. The molecule has 4 rings (SSSR count). The average molecular weight is 746 g/mol. The minimum atomic E-state index is -0.291. The van der Waals surface area contributed by atoms with E-state index in [4.69, 9.17) is 4.74 Å². The summed E-state index contributed by atoms with van der Waals surface area (Å²) in [5.41, 5.74) is 1.76.